The average molecular weight is 465 g/mol. The third kappa shape index (κ3) is 3.04. The maximum atomic E-state index is 13.5. The van der Waals surface area contributed by atoms with E-state index < -0.39 is 41.4 Å². The first kappa shape index (κ1) is 20.5. The van der Waals surface area contributed by atoms with Crippen LogP contribution in [0, 0.1) is 11.8 Å². The number of nitrogens with zero attached hydrogens (tertiary/aromatic N) is 1. The Bertz CT molecular complexity index is 836. The Hall–Kier alpha value is -1.77. The number of hydrogen-bond acceptors (Lipinski definition) is 5. The van der Waals surface area contributed by atoms with E-state index in [0.29, 0.717) is 0 Å². The molecule has 0 spiro atoms. The van der Waals surface area contributed by atoms with E-state index in [-0.39, 0.29) is 11.9 Å². The lowest BCUT2D eigenvalue weighted by Crippen LogP contribution is -2.62. The number of benzene rings is 1. The number of nitrogens with one attached hydrogen (secondary N) is 1. The van der Waals surface area contributed by atoms with Gasteiger partial charge in [0.1, 0.15) is 0 Å². The summed E-state index contributed by atoms with van der Waals surface area (Å²) in [6, 6.07) is 6.40. The van der Waals surface area contributed by atoms with Crippen molar-refractivity contribution in [3.8, 4) is 0 Å². The second kappa shape index (κ2) is 7.49. The van der Waals surface area contributed by atoms with Crippen LogP contribution in [0.1, 0.15) is 50.6 Å². The van der Waals surface area contributed by atoms with Gasteiger partial charge in [-0.2, -0.15) is 0 Å². The summed E-state index contributed by atoms with van der Waals surface area (Å²) < 4.78 is 0.855. The number of amides is 2. The monoisotopic (exact) mass is 464 g/mol. The van der Waals surface area contributed by atoms with E-state index in [9.17, 15) is 24.6 Å². The number of hydrogen-bond donors (Lipinski definition) is 3. The van der Waals surface area contributed by atoms with Gasteiger partial charge in [0.25, 0.3) is 0 Å². The molecular weight excluding hydrogens is 440 g/mol. The summed E-state index contributed by atoms with van der Waals surface area (Å²) >= 11 is 3.38. The number of aliphatic hydroxyl groups is 1. The summed E-state index contributed by atoms with van der Waals surface area (Å²) in [5, 5.41) is 23.6. The van der Waals surface area contributed by atoms with Crippen molar-refractivity contribution < 1.29 is 24.6 Å². The molecule has 1 saturated carbocycles. The topological polar surface area (TPSA) is 107 Å². The van der Waals surface area contributed by atoms with E-state index in [4.69, 9.17) is 0 Å². The van der Waals surface area contributed by atoms with Crippen LogP contribution in [0.5, 0.6) is 0 Å². The largest absolute Gasteiger partial charge is 0.480 e. The molecule has 2 heterocycles. The van der Waals surface area contributed by atoms with Gasteiger partial charge in [-0.3, -0.25) is 24.6 Å². The first-order chi connectivity index (χ1) is 13.8. The van der Waals surface area contributed by atoms with E-state index >= 15 is 0 Å². The Kier molecular flexibility index (Phi) is 5.29. The zero-order valence-corrected chi connectivity index (χ0v) is 17.8. The minimum absolute atomic E-state index is 0.180. The van der Waals surface area contributed by atoms with E-state index in [1.54, 1.807) is 12.1 Å². The number of imide groups is 1. The number of aliphatic hydroxyl groups excluding tert-OH is 1. The number of carbonyl (C=O) groups excluding carboxylic acids is 2. The fourth-order valence-corrected chi connectivity index (χ4v) is 5.64. The molecule has 7 nitrogen and oxygen atoms in total. The van der Waals surface area contributed by atoms with Crippen LogP contribution in [-0.4, -0.2) is 50.6 Å². The highest BCUT2D eigenvalue weighted by molar-refractivity contribution is 9.10. The van der Waals surface area contributed by atoms with Crippen LogP contribution in [0.2, 0.25) is 0 Å². The molecule has 0 radical (unpaired) electrons. The second-order valence-electron chi connectivity index (χ2n) is 8.37. The zero-order chi connectivity index (χ0) is 20.9. The minimum Gasteiger partial charge on any atom is -0.480 e. The Morgan fingerprint density at radius 1 is 1.17 bits per heavy atom. The number of carbonyl (C=O) groups is 3. The predicted molar refractivity (Wildman–Crippen MR) is 108 cm³/mol. The molecule has 5 unspecified atom stereocenters. The highest BCUT2D eigenvalue weighted by atomic mass is 79.9. The number of likely N-dealkylation sites (tertiary alicyclic amines) is 1. The van der Waals surface area contributed by atoms with Crippen LogP contribution in [-0.2, 0) is 14.4 Å². The summed E-state index contributed by atoms with van der Waals surface area (Å²) in [6.45, 7) is 1.36. The van der Waals surface area contributed by atoms with Crippen molar-refractivity contribution in [1.29, 1.82) is 0 Å². The standard InChI is InChI=1S/C21H25BrN2O5/c1-11(25)21(20(28)29)16-15(17(23-21)12-7-9-13(22)10-8-12)18(26)24(19(16)27)14-5-3-2-4-6-14/h7-11,14-17,23,25H,2-6H2,1H3,(H,28,29). The molecule has 5 atom stereocenters. The smallest absolute Gasteiger partial charge is 0.327 e. The Morgan fingerprint density at radius 2 is 1.79 bits per heavy atom. The Morgan fingerprint density at radius 3 is 2.34 bits per heavy atom. The SMILES string of the molecule is CC(O)C1(C(=O)O)NC(c2ccc(Br)cc2)C2C(=O)N(C3CCCCC3)C(=O)C21. The maximum Gasteiger partial charge on any atom is 0.327 e. The van der Waals surface area contributed by atoms with Gasteiger partial charge in [-0.05, 0) is 37.5 Å². The van der Waals surface area contributed by atoms with E-state index in [2.05, 4.69) is 21.2 Å². The summed E-state index contributed by atoms with van der Waals surface area (Å²) in [5.74, 6) is -4.09. The van der Waals surface area contributed by atoms with Gasteiger partial charge in [0.05, 0.1) is 17.9 Å². The van der Waals surface area contributed by atoms with Crippen molar-refractivity contribution in [2.45, 2.75) is 62.8 Å². The summed E-state index contributed by atoms with van der Waals surface area (Å²) in [4.78, 5) is 40.6. The fourth-order valence-electron chi connectivity index (χ4n) is 5.38. The van der Waals surface area contributed by atoms with Gasteiger partial charge in [0, 0.05) is 16.6 Å². The number of halogens is 1. The van der Waals surface area contributed by atoms with E-state index in [1.165, 1.54) is 11.8 Å². The van der Waals surface area contributed by atoms with Crippen molar-refractivity contribution in [2.75, 3.05) is 0 Å². The minimum atomic E-state index is -1.90. The lowest BCUT2D eigenvalue weighted by molar-refractivity contribution is -0.157. The number of rotatable bonds is 4. The van der Waals surface area contributed by atoms with Crippen LogP contribution in [0.3, 0.4) is 0 Å². The molecule has 1 aromatic carbocycles. The molecule has 3 fully saturated rings. The highest BCUT2D eigenvalue weighted by Gasteiger charge is 2.70. The Balaban J connectivity index is 1.81. The number of carboxylic acid groups (broad SMARTS) is 1. The molecule has 3 N–H and O–H groups in total. The third-order valence-corrected chi connectivity index (χ3v) is 7.34. The van der Waals surface area contributed by atoms with E-state index in [0.717, 1.165) is 42.1 Å². The molecule has 2 saturated heterocycles. The molecule has 4 rings (SSSR count). The molecule has 29 heavy (non-hydrogen) atoms. The molecule has 156 valence electrons. The van der Waals surface area contributed by atoms with Crippen molar-refractivity contribution in [3.63, 3.8) is 0 Å². The van der Waals surface area contributed by atoms with Crippen LogP contribution in [0.25, 0.3) is 0 Å². The van der Waals surface area contributed by atoms with Gasteiger partial charge < -0.3 is 10.2 Å². The summed E-state index contributed by atoms with van der Waals surface area (Å²) in [7, 11) is 0. The van der Waals surface area contributed by atoms with Gasteiger partial charge in [0.15, 0.2) is 5.54 Å². The molecule has 2 aliphatic heterocycles. The second-order valence-corrected chi connectivity index (χ2v) is 9.28. The molecule has 2 amide bonds. The highest BCUT2D eigenvalue weighted by Crippen LogP contribution is 2.51. The number of carboxylic acids is 1. The predicted octanol–water partition coefficient (Wildman–Crippen LogP) is 2.23. The zero-order valence-electron chi connectivity index (χ0n) is 16.2. The van der Waals surface area contributed by atoms with Gasteiger partial charge in [-0.1, -0.05) is 47.3 Å². The molecule has 0 bridgehead atoms. The lowest BCUT2D eigenvalue weighted by Gasteiger charge is -2.36. The van der Waals surface area contributed by atoms with E-state index in [1.807, 2.05) is 12.1 Å². The average Bonchev–Trinajstić information content (AvgIpc) is 3.18. The molecule has 1 aromatic rings. The van der Waals surface area contributed by atoms with Crippen molar-refractivity contribution in [3.05, 3.63) is 34.3 Å². The first-order valence-corrected chi connectivity index (χ1v) is 10.9. The summed E-state index contributed by atoms with van der Waals surface area (Å²) in [5.41, 5.74) is -1.18. The van der Waals surface area contributed by atoms with Crippen LogP contribution >= 0.6 is 15.9 Å². The third-order valence-electron chi connectivity index (χ3n) is 6.81. The van der Waals surface area contributed by atoms with Crippen molar-refractivity contribution in [1.82, 2.24) is 10.2 Å². The Labute approximate surface area is 177 Å². The fraction of sp³-hybridized carbons (Fsp3) is 0.571. The molecule has 8 heteroatoms. The molecule has 0 aromatic heterocycles. The lowest BCUT2D eigenvalue weighted by atomic mass is 9.76. The number of fused-ring (bicyclic) bond motifs is 1. The maximum absolute atomic E-state index is 13.5. The normalized spacial score (nSPS) is 33.8. The van der Waals surface area contributed by atoms with Crippen LogP contribution < -0.4 is 5.32 Å². The van der Waals surface area contributed by atoms with Gasteiger partial charge in [-0.25, -0.2) is 0 Å². The molecule has 3 aliphatic rings. The number of aliphatic carboxylic acids is 1. The van der Waals surface area contributed by atoms with Crippen LogP contribution in [0.15, 0.2) is 28.7 Å². The van der Waals surface area contributed by atoms with Crippen molar-refractivity contribution in [2.24, 2.45) is 11.8 Å². The quantitative estimate of drug-likeness (QED) is 0.589. The van der Waals surface area contributed by atoms with Crippen molar-refractivity contribution >= 4 is 33.7 Å². The van der Waals surface area contributed by atoms with Gasteiger partial charge in [-0.15, -0.1) is 0 Å². The molecule has 1 aliphatic carbocycles. The van der Waals surface area contributed by atoms with Crippen LogP contribution in [0.4, 0.5) is 0 Å². The van der Waals surface area contributed by atoms with Gasteiger partial charge in [0.2, 0.25) is 11.8 Å². The summed E-state index contributed by atoms with van der Waals surface area (Å²) in [6.07, 6.45) is 3.13. The first-order valence-electron chi connectivity index (χ1n) is 10.1. The molecular formula is C21H25BrN2O5. The van der Waals surface area contributed by atoms with Gasteiger partial charge >= 0.3 is 5.97 Å².